The highest BCUT2D eigenvalue weighted by Crippen LogP contribution is 2.35. The molecule has 3 N–H and O–H groups in total. The summed E-state index contributed by atoms with van der Waals surface area (Å²) in [5.74, 6) is -0.405. The largest absolute Gasteiger partial charge is 0.444 e. The van der Waals surface area contributed by atoms with E-state index >= 15 is 0 Å². The van der Waals surface area contributed by atoms with Gasteiger partial charge in [-0.05, 0) is 50.6 Å². The molecule has 2 amide bonds. The van der Waals surface area contributed by atoms with Crippen LogP contribution in [0.15, 0.2) is 48.5 Å². The molecule has 2 aromatic carbocycles. The summed E-state index contributed by atoms with van der Waals surface area (Å²) in [6.07, 6.45) is -4.87. The first-order valence-corrected chi connectivity index (χ1v) is 10.8. The summed E-state index contributed by atoms with van der Waals surface area (Å²) in [7, 11) is 0. The first kappa shape index (κ1) is 25.4. The number of alkyl halides is 3. The third-order valence-electron chi connectivity index (χ3n) is 5.11. The number of halogens is 3. The number of benzene rings is 2. The van der Waals surface area contributed by atoms with E-state index in [1.807, 2.05) is 0 Å². The van der Waals surface area contributed by atoms with E-state index in [0.29, 0.717) is 18.7 Å². The van der Waals surface area contributed by atoms with Crippen molar-refractivity contribution in [2.24, 2.45) is 0 Å². The molecular formula is C24H28F3N3O4. The van der Waals surface area contributed by atoms with Crippen molar-refractivity contribution in [3.63, 3.8) is 0 Å². The first-order valence-electron chi connectivity index (χ1n) is 10.8. The Labute approximate surface area is 196 Å². The van der Waals surface area contributed by atoms with Gasteiger partial charge in [-0.15, -0.1) is 0 Å². The predicted octanol–water partition coefficient (Wildman–Crippen LogP) is 4.75. The number of ether oxygens (including phenoxy) is 2. The third kappa shape index (κ3) is 6.63. The maximum Gasteiger partial charge on any atom is 0.418 e. The first-order chi connectivity index (χ1) is 15.9. The number of carbonyl (C=O) groups excluding carboxylic acids is 2. The molecule has 3 rings (SSSR count). The van der Waals surface area contributed by atoms with Crippen molar-refractivity contribution in [2.45, 2.75) is 51.1 Å². The Morgan fingerprint density at radius 2 is 1.74 bits per heavy atom. The second-order valence-corrected chi connectivity index (χ2v) is 9.06. The van der Waals surface area contributed by atoms with Gasteiger partial charge in [0.15, 0.2) is 0 Å². The minimum atomic E-state index is -4.47. The van der Waals surface area contributed by atoms with Crippen LogP contribution in [0.5, 0.6) is 0 Å². The number of alkyl carbamates (subject to hydrolysis) is 1. The van der Waals surface area contributed by atoms with Crippen molar-refractivity contribution in [3.05, 3.63) is 59.7 Å². The van der Waals surface area contributed by atoms with Crippen molar-refractivity contribution in [2.75, 3.05) is 18.5 Å². The molecule has 0 bridgehead atoms. The fourth-order valence-electron chi connectivity index (χ4n) is 3.45. The van der Waals surface area contributed by atoms with Gasteiger partial charge < -0.3 is 25.4 Å². The van der Waals surface area contributed by atoms with Crippen LogP contribution in [0.1, 0.15) is 38.3 Å². The van der Waals surface area contributed by atoms with Gasteiger partial charge in [-0.2, -0.15) is 13.2 Å². The van der Waals surface area contributed by atoms with E-state index in [0.717, 1.165) is 11.6 Å². The molecule has 1 atom stereocenters. The molecule has 1 aliphatic heterocycles. The molecule has 1 saturated heterocycles. The van der Waals surface area contributed by atoms with Crippen molar-refractivity contribution < 1.29 is 32.2 Å². The summed E-state index contributed by atoms with van der Waals surface area (Å²) in [6, 6.07) is 11.9. The van der Waals surface area contributed by atoms with E-state index in [2.05, 4.69) is 16.0 Å². The topological polar surface area (TPSA) is 88.7 Å². The SMILES string of the molecule is CC(C)(C)OC(=O)N[C@@]1(C(=O)NCc2ccc(Nc3ccccc3C(F)(F)F)cc2)CCOC1. The number of rotatable bonds is 6. The summed E-state index contributed by atoms with van der Waals surface area (Å²) in [6.45, 7) is 5.69. The Morgan fingerprint density at radius 3 is 2.32 bits per heavy atom. The summed E-state index contributed by atoms with van der Waals surface area (Å²) in [4.78, 5) is 25.1. The number of para-hydroxylation sites is 1. The average Bonchev–Trinajstić information content (AvgIpc) is 3.21. The van der Waals surface area contributed by atoms with Gasteiger partial charge in [0, 0.05) is 25.3 Å². The monoisotopic (exact) mass is 479 g/mol. The van der Waals surface area contributed by atoms with E-state index in [4.69, 9.17) is 9.47 Å². The lowest BCUT2D eigenvalue weighted by Crippen LogP contribution is -2.60. The number of hydrogen-bond donors (Lipinski definition) is 3. The average molecular weight is 479 g/mol. The Kier molecular flexibility index (Phi) is 7.40. The number of anilines is 2. The van der Waals surface area contributed by atoms with Crippen molar-refractivity contribution in [1.29, 1.82) is 0 Å². The standard InChI is InChI=1S/C24H28F3N3O4/c1-22(2,3)34-21(32)30-23(12-13-33-15-23)20(31)28-14-16-8-10-17(11-9-16)29-19-7-5-4-6-18(19)24(25,26)27/h4-11,29H,12-15H2,1-3H3,(H,28,31)(H,30,32)/t23-/m0/s1. The molecule has 1 heterocycles. The Morgan fingerprint density at radius 1 is 1.06 bits per heavy atom. The van der Waals surface area contributed by atoms with Crippen LogP contribution in [0, 0.1) is 0 Å². The van der Waals surface area contributed by atoms with Crippen LogP contribution in [0.3, 0.4) is 0 Å². The third-order valence-corrected chi connectivity index (χ3v) is 5.11. The van der Waals surface area contributed by atoms with Crippen LogP contribution in [0.2, 0.25) is 0 Å². The summed E-state index contributed by atoms with van der Waals surface area (Å²) in [5.41, 5.74) is -1.54. The van der Waals surface area contributed by atoms with Crippen LogP contribution in [0.4, 0.5) is 29.3 Å². The Balaban J connectivity index is 1.61. The normalized spacial score (nSPS) is 18.3. The molecule has 0 spiro atoms. The summed E-state index contributed by atoms with van der Waals surface area (Å²) < 4.78 is 50.2. The Hall–Kier alpha value is -3.27. The summed E-state index contributed by atoms with van der Waals surface area (Å²) >= 11 is 0. The van der Waals surface area contributed by atoms with Crippen molar-refractivity contribution >= 4 is 23.4 Å². The zero-order chi connectivity index (χ0) is 25.0. The highest BCUT2D eigenvalue weighted by Gasteiger charge is 2.44. The summed E-state index contributed by atoms with van der Waals surface area (Å²) in [5, 5.41) is 8.21. The van der Waals surface area contributed by atoms with E-state index < -0.39 is 34.9 Å². The van der Waals surface area contributed by atoms with E-state index in [1.54, 1.807) is 45.0 Å². The number of hydrogen-bond acceptors (Lipinski definition) is 5. The van der Waals surface area contributed by atoms with Crippen LogP contribution in [0.25, 0.3) is 0 Å². The molecular weight excluding hydrogens is 451 g/mol. The molecule has 0 saturated carbocycles. The van der Waals surface area contributed by atoms with Gasteiger partial charge >= 0.3 is 12.3 Å². The molecule has 34 heavy (non-hydrogen) atoms. The van der Waals surface area contributed by atoms with E-state index in [1.165, 1.54) is 18.2 Å². The number of amides is 2. The molecule has 7 nitrogen and oxygen atoms in total. The molecule has 0 unspecified atom stereocenters. The zero-order valence-electron chi connectivity index (χ0n) is 19.2. The van der Waals surface area contributed by atoms with Crippen LogP contribution in [-0.2, 0) is 27.0 Å². The maximum atomic E-state index is 13.2. The highest BCUT2D eigenvalue weighted by atomic mass is 19.4. The molecule has 2 aromatic rings. The van der Waals surface area contributed by atoms with Crippen LogP contribution >= 0.6 is 0 Å². The van der Waals surface area contributed by atoms with Gasteiger partial charge in [0.2, 0.25) is 5.91 Å². The molecule has 1 aliphatic rings. The van der Waals surface area contributed by atoms with Crippen molar-refractivity contribution in [3.8, 4) is 0 Å². The molecule has 0 radical (unpaired) electrons. The quantitative estimate of drug-likeness (QED) is 0.557. The van der Waals surface area contributed by atoms with Gasteiger partial charge in [-0.25, -0.2) is 4.79 Å². The molecule has 1 fully saturated rings. The van der Waals surface area contributed by atoms with Crippen LogP contribution in [-0.4, -0.2) is 36.4 Å². The van der Waals surface area contributed by atoms with Gasteiger partial charge in [0.1, 0.15) is 11.1 Å². The zero-order valence-corrected chi connectivity index (χ0v) is 19.2. The van der Waals surface area contributed by atoms with E-state index in [9.17, 15) is 22.8 Å². The lowest BCUT2D eigenvalue weighted by molar-refractivity contribution is -0.137. The molecule has 0 aliphatic carbocycles. The molecule has 0 aromatic heterocycles. The highest BCUT2D eigenvalue weighted by molar-refractivity contribution is 5.90. The lowest BCUT2D eigenvalue weighted by atomic mass is 9.97. The smallest absolute Gasteiger partial charge is 0.418 e. The second kappa shape index (κ2) is 9.92. The van der Waals surface area contributed by atoms with Gasteiger partial charge in [0.25, 0.3) is 0 Å². The van der Waals surface area contributed by atoms with Crippen LogP contribution < -0.4 is 16.0 Å². The van der Waals surface area contributed by atoms with Crippen molar-refractivity contribution in [1.82, 2.24) is 10.6 Å². The minimum Gasteiger partial charge on any atom is -0.444 e. The number of carbonyl (C=O) groups is 2. The lowest BCUT2D eigenvalue weighted by Gasteiger charge is -2.29. The number of nitrogens with one attached hydrogen (secondary N) is 3. The fraction of sp³-hybridized carbons (Fsp3) is 0.417. The minimum absolute atomic E-state index is 0.0273. The maximum absolute atomic E-state index is 13.2. The molecule has 10 heteroatoms. The Bertz CT molecular complexity index is 1010. The second-order valence-electron chi connectivity index (χ2n) is 9.06. The fourth-order valence-corrected chi connectivity index (χ4v) is 3.45. The molecule has 184 valence electrons. The van der Waals surface area contributed by atoms with Gasteiger partial charge in [0.05, 0.1) is 17.9 Å². The predicted molar refractivity (Wildman–Crippen MR) is 121 cm³/mol. The van der Waals surface area contributed by atoms with Gasteiger partial charge in [-0.1, -0.05) is 24.3 Å². The van der Waals surface area contributed by atoms with Gasteiger partial charge in [-0.3, -0.25) is 4.79 Å². The van der Waals surface area contributed by atoms with E-state index in [-0.39, 0.29) is 18.8 Å².